The SMILES string of the molecule is CCn1cnc(-c2ccc(F)c(Cl)c2)c1-c1ccc2ncc(C(N)=O)n2n1. The van der Waals surface area contributed by atoms with E-state index in [0.717, 1.165) is 0 Å². The summed E-state index contributed by atoms with van der Waals surface area (Å²) >= 11 is 5.93. The molecule has 0 unspecified atom stereocenters. The molecule has 1 aromatic carbocycles. The van der Waals surface area contributed by atoms with Crippen LogP contribution in [0.25, 0.3) is 28.3 Å². The minimum absolute atomic E-state index is 0.0125. The van der Waals surface area contributed by atoms with E-state index in [1.807, 2.05) is 11.5 Å². The van der Waals surface area contributed by atoms with Crippen molar-refractivity contribution >= 4 is 23.2 Å². The van der Waals surface area contributed by atoms with Gasteiger partial charge in [-0.1, -0.05) is 11.6 Å². The monoisotopic (exact) mass is 384 g/mol. The highest BCUT2D eigenvalue weighted by atomic mass is 35.5. The Morgan fingerprint density at radius 2 is 2.07 bits per heavy atom. The molecule has 3 aromatic heterocycles. The number of halogens is 2. The molecular weight excluding hydrogens is 371 g/mol. The molecular formula is C18H14ClFN6O. The van der Waals surface area contributed by atoms with Gasteiger partial charge >= 0.3 is 0 Å². The number of hydrogen-bond acceptors (Lipinski definition) is 4. The van der Waals surface area contributed by atoms with Gasteiger partial charge in [-0.15, -0.1) is 0 Å². The lowest BCUT2D eigenvalue weighted by atomic mass is 10.1. The molecule has 0 radical (unpaired) electrons. The number of benzene rings is 1. The van der Waals surface area contributed by atoms with Crippen molar-refractivity contribution in [3.8, 4) is 22.6 Å². The molecule has 27 heavy (non-hydrogen) atoms. The van der Waals surface area contributed by atoms with Gasteiger partial charge in [-0.3, -0.25) is 4.79 Å². The first-order valence-corrected chi connectivity index (χ1v) is 8.53. The second-order valence-electron chi connectivity index (χ2n) is 5.85. The van der Waals surface area contributed by atoms with Crippen LogP contribution < -0.4 is 5.73 Å². The maximum Gasteiger partial charge on any atom is 0.269 e. The lowest BCUT2D eigenvalue weighted by Crippen LogP contribution is -2.15. The van der Waals surface area contributed by atoms with Crippen molar-refractivity contribution in [3.63, 3.8) is 0 Å². The number of carbonyl (C=O) groups is 1. The van der Waals surface area contributed by atoms with E-state index in [-0.39, 0.29) is 10.7 Å². The minimum atomic E-state index is -0.623. The van der Waals surface area contributed by atoms with Crippen LogP contribution in [0.4, 0.5) is 4.39 Å². The van der Waals surface area contributed by atoms with Gasteiger partial charge in [-0.2, -0.15) is 5.10 Å². The van der Waals surface area contributed by atoms with Crippen LogP contribution in [0.15, 0.2) is 42.9 Å². The molecule has 136 valence electrons. The molecule has 0 spiro atoms. The van der Waals surface area contributed by atoms with Gasteiger partial charge in [0.1, 0.15) is 17.2 Å². The molecule has 0 fully saturated rings. The van der Waals surface area contributed by atoms with Crippen molar-refractivity contribution in [2.75, 3.05) is 0 Å². The first-order valence-electron chi connectivity index (χ1n) is 8.15. The maximum atomic E-state index is 13.5. The molecule has 0 saturated heterocycles. The van der Waals surface area contributed by atoms with Gasteiger partial charge in [0, 0.05) is 12.1 Å². The third-order valence-electron chi connectivity index (χ3n) is 4.23. The predicted octanol–water partition coefficient (Wildman–Crippen LogP) is 3.17. The summed E-state index contributed by atoms with van der Waals surface area (Å²) in [5.41, 5.74) is 8.62. The molecule has 3 heterocycles. The van der Waals surface area contributed by atoms with E-state index in [9.17, 15) is 9.18 Å². The Hall–Kier alpha value is -3.26. The second-order valence-corrected chi connectivity index (χ2v) is 6.26. The Morgan fingerprint density at radius 3 is 2.78 bits per heavy atom. The number of nitrogens with two attached hydrogens (primary N) is 1. The highest BCUT2D eigenvalue weighted by molar-refractivity contribution is 6.31. The van der Waals surface area contributed by atoms with Crippen molar-refractivity contribution in [2.24, 2.45) is 5.73 Å². The van der Waals surface area contributed by atoms with Gasteiger partial charge < -0.3 is 10.3 Å². The number of aromatic nitrogens is 5. The topological polar surface area (TPSA) is 91.1 Å². The van der Waals surface area contributed by atoms with Crippen LogP contribution in [0.2, 0.25) is 5.02 Å². The standard InChI is InChI=1S/C18H14ClFN6O/c1-2-25-9-23-16(10-3-4-12(20)11(19)7-10)17(25)13-5-6-15-22-8-14(18(21)27)26(15)24-13/h3-9H,2H2,1H3,(H2,21,27). The molecule has 9 heteroatoms. The number of fused-ring (bicyclic) bond motifs is 1. The maximum absolute atomic E-state index is 13.5. The Balaban J connectivity index is 1.94. The molecule has 0 bridgehead atoms. The average Bonchev–Trinajstić information content (AvgIpc) is 3.27. The molecule has 0 saturated carbocycles. The predicted molar refractivity (Wildman–Crippen MR) is 98.8 cm³/mol. The summed E-state index contributed by atoms with van der Waals surface area (Å²) in [6, 6.07) is 7.95. The summed E-state index contributed by atoms with van der Waals surface area (Å²) in [7, 11) is 0. The van der Waals surface area contributed by atoms with Crippen molar-refractivity contribution in [1.82, 2.24) is 24.1 Å². The quantitative estimate of drug-likeness (QED) is 0.585. The summed E-state index contributed by atoms with van der Waals surface area (Å²) in [6.07, 6.45) is 3.06. The fourth-order valence-electron chi connectivity index (χ4n) is 2.91. The highest BCUT2D eigenvalue weighted by Gasteiger charge is 2.18. The molecule has 4 aromatic rings. The van der Waals surface area contributed by atoms with E-state index in [0.29, 0.717) is 34.8 Å². The zero-order valence-corrected chi connectivity index (χ0v) is 15.0. The summed E-state index contributed by atoms with van der Waals surface area (Å²) < 4.78 is 16.8. The van der Waals surface area contributed by atoms with E-state index in [1.165, 1.54) is 22.8 Å². The van der Waals surface area contributed by atoms with E-state index in [1.54, 1.807) is 24.5 Å². The summed E-state index contributed by atoms with van der Waals surface area (Å²) in [4.78, 5) is 20.2. The normalized spacial score (nSPS) is 11.2. The molecule has 0 aliphatic rings. The van der Waals surface area contributed by atoms with E-state index in [2.05, 4.69) is 15.1 Å². The van der Waals surface area contributed by atoms with Crippen LogP contribution >= 0.6 is 11.6 Å². The molecule has 1 amide bonds. The van der Waals surface area contributed by atoms with Gasteiger partial charge in [0.2, 0.25) is 0 Å². The van der Waals surface area contributed by atoms with Crippen LogP contribution in [0.3, 0.4) is 0 Å². The third-order valence-corrected chi connectivity index (χ3v) is 4.52. The zero-order chi connectivity index (χ0) is 19.1. The van der Waals surface area contributed by atoms with Crippen molar-refractivity contribution in [2.45, 2.75) is 13.5 Å². The minimum Gasteiger partial charge on any atom is -0.364 e. The van der Waals surface area contributed by atoms with Gasteiger partial charge in [-0.05, 0) is 37.3 Å². The smallest absolute Gasteiger partial charge is 0.269 e. The van der Waals surface area contributed by atoms with Gasteiger partial charge in [-0.25, -0.2) is 18.9 Å². The van der Waals surface area contributed by atoms with Gasteiger partial charge in [0.25, 0.3) is 5.91 Å². The largest absolute Gasteiger partial charge is 0.364 e. The molecule has 0 aliphatic heterocycles. The first-order chi connectivity index (χ1) is 13.0. The van der Waals surface area contributed by atoms with Crippen LogP contribution in [0.5, 0.6) is 0 Å². The average molecular weight is 385 g/mol. The number of primary amides is 1. The number of imidazole rings is 2. The zero-order valence-electron chi connectivity index (χ0n) is 14.2. The number of rotatable bonds is 4. The summed E-state index contributed by atoms with van der Waals surface area (Å²) in [5, 5.41) is 4.53. The molecule has 4 rings (SSSR count). The molecule has 0 aliphatic carbocycles. The fraction of sp³-hybridized carbons (Fsp3) is 0.111. The summed E-state index contributed by atoms with van der Waals surface area (Å²) in [6.45, 7) is 2.61. The number of aryl methyl sites for hydroxylation is 1. The Morgan fingerprint density at radius 1 is 1.26 bits per heavy atom. The van der Waals surface area contributed by atoms with Gasteiger partial charge in [0.15, 0.2) is 5.65 Å². The van der Waals surface area contributed by atoms with Crippen molar-refractivity contribution in [1.29, 1.82) is 0 Å². The van der Waals surface area contributed by atoms with E-state index in [4.69, 9.17) is 17.3 Å². The van der Waals surface area contributed by atoms with Crippen molar-refractivity contribution in [3.05, 3.63) is 59.4 Å². The van der Waals surface area contributed by atoms with Crippen molar-refractivity contribution < 1.29 is 9.18 Å². The fourth-order valence-corrected chi connectivity index (χ4v) is 3.09. The Labute approximate surface area is 158 Å². The van der Waals surface area contributed by atoms with Gasteiger partial charge in [0.05, 0.1) is 28.9 Å². The van der Waals surface area contributed by atoms with Crippen LogP contribution in [0, 0.1) is 5.82 Å². The summed E-state index contributed by atoms with van der Waals surface area (Å²) in [5.74, 6) is -1.12. The second kappa shape index (κ2) is 6.48. The lowest BCUT2D eigenvalue weighted by Gasteiger charge is -2.09. The Bertz CT molecular complexity index is 1180. The van der Waals surface area contributed by atoms with E-state index >= 15 is 0 Å². The molecule has 2 N–H and O–H groups in total. The number of amides is 1. The number of nitrogens with zero attached hydrogens (tertiary/aromatic N) is 5. The van der Waals surface area contributed by atoms with Crippen LogP contribution in [-0.2, 0) is 6.54 Å². The van der Waals surface area contributed by atoms with Crippen LogP contribution in [-0.4, -0.2) is 30.1 Å². The molecule has 7 nitrogen and oxygen atoms in total. The molecule has 0 atom stereocenters. The lowest BCUT2D eigenvalue weighted by molar-refractivity contribution is 0.0993. The number of carbonyl (C=O) groups excluding carboxylic acids is 1. The number of hydrogen-bond donors (Lipinski definition) is 1. The van der Waals surface area contributed by atoms with Crippen LogP contribution in [0.1, 0.15) is 17.4 Å². The first kappa shape index (κ1) is 17.2. The van der Waals surface area contributed by atoms with E-state index < -0.39 is 11.7 Å². The highest BCUT2D eigenvalue weighted by Crippen LogP contribution is 2.32. The Kier molecular flexibility index (Phi) is 4.12. The third kappa shape index (κ3) is 2.83.